The molecular weight excluding hydrogens is 429 g/mol. The lowest BCUT2D eigenvalue weighted by Gasteiger charge is -2.10. The number of ether oxygens (including phenoxy) is 1. The summed E-state index contributed by atoms with van der Waals surface area (Å²) in [6.07, 6.45) is 1.36. The highest BCUT2D eigenvalue weighted by Gasteiger charge is 2.14. The van der Waals surface area contributed by atoms with Gasteiger partial charge in [0.25, 0.3) is 5.91 Å². The molecular formula is C11H9BrIN3O3. The zero-order valence-corrected chi connectivity index (χ0v) is 13.3. The lowest BCUT2D eigenvalue weighted by Crippen LogP contribution is -2.16. The number of nitrogens with one attached hydrogen (secondary N) is 1. The standard InChI is InChI=1S/C11H9BrIN3O3/c12-14-11(17)7-2-1-3-9(13)8(7)6-19-10-4-5-16(18)15-10/h1-5,18H,6H2,(H,14,17). The quantitative estimate of drug-likeness (QED) is 0.437. The molecule has 0 fully saturated rings. The maximum atomic E-state index is 11.7. The molecule has 8 heteroatoms. The van der Waals surface area contributed by atoms with Gasteiger partial charge in [0.2, 0.25) is 5.88 Å². The molecule has 0 aliphatic heterocycles. The number of amides is 1. The van der Waals surface area contributed by atoms with Crippen molar-refractivity contribution >= 4 is 44.6 Å². The number of hydrogen-bond acceptors (Lipinski definition) is 4. The maximum absolute atomic E-state index is 11.7. The summed E-state index contributed by atoms with van der Waals surface area (Å²) in [6.45, 7) is 0.186. The second-order valence-corrected chi connectivity index (χ2v) is 5.11. The molecule has 0 spiro atoms. The molecule has 1 amide bonds. The summed E-state index contributed by atoms with van der Waals surface area (Å²) in [4.78, 5) is 12.4. The van der Waals surface area contributed by atoms with Crippen LogP contribution in [0.1, 0.15) is 15.9 Å². The van der Waals surface area contributed by atoms with E-state index in [1.54, 1.807) is 12.1 Å². The second-order valence-electron chi connectivity index (χ2n) is 3.55. The van der Waals surface area contributed by atoms with Crippen LogP contribution in [0, 0.1) is 3.57 Å². The number of rotatable bonds is 4. The molecule has 0 bridgehead atoms. The van der Waals surface area contributed by atoms with Gasteiger partial charge in [-0.1, -0.05) is 11.2 Å². The Labute approximate surface area is 131 Å². The van der Waals surface area contributed by atoms with E-state index in [2.05, 4.69) is 48.2 Å². The molecule has 0 radical (unpaired) electrons. The fourth-order valence-corrected chi connectivity index (χ4v) is 2.36. The van der Waals surface area contributed by atoms with Gasteiger partial charge in [-0.3, -0.25) is 9.14 Å². The van der Waals surface area contributed by atoms with E-state index in [1.807, 2.05) is 6.07 Å². The molecule has 0 unspecified atom stereocenters. The zero-order valence-electron chi connectivity index (χ0n) is 9.51. The average molecular weight is 438 g/mol. The van der Waals surface area contributed by atoms with Crippen LogP contribution in [-0.2, 0) is 6.61 Å². The van der Waals surface area contributed by atoms with Crippen molar-refractivity contribution in [1.82, 2.24) is 14.3 Å². The van der Waals surface area contributed by atoms with Crippen LogP contribution in [0.3, 0.4) is 0 Å². The molecule has 6 nitrogen and oxygen atoms in total. The highest BCUT2D eigenvalue weighted by atomic mass is 127. The molecule has 0 saturated carbocycles. The fraction of sp³-hybridized carbons (Fsp3) is 0.0909. The van der Waals surface area contributed by atoms with Crippen LogP contribution in [0.5, 0.6) is 5.88 Å². The summed E-state index contributed by atoms with van der Waals surface area (Å²) in [7, 11) is 0. The first kappa shape index (κ1) is 14.1. The Bertz CT molecular complexity index is 603. The summed E-state index contributed by atoms with van der Waals surface area (Å²) in [5.41, 5.74) is 1.28. The van der Waals surface area contributed by atoms with Crippen molar-refractivity contribution in [3.05, 3.63) is 45.2 Å². The monoisotopic (exact) mass is 437 g/mol. The predicted octanol–water partition coefficient (Wildman–Crippen LogP) is 2.34. The molecule has 1 aromatic carbocycles. The highest BCUT2D eigenvalue weighted by molar-refractivity contribution is 14.1. The van der Waals surface area contributed by atoms with E-state index in [0.29, 0.717) is 10.4 Å². The highest BCUT2D eigenvalue weighted by Crippen LogP contribution is 2.19. The van der Waals surface area contributed by atoms with E-state index < -0.39 is 0 Å². The first-order valence-corrected chi connectivity index (χ1v) is 7.05. The summed E-state index contributed by atoms with van der Waals surface area (Å²) in [6, 6.07) is 6.92. The number of nitrogens with zero attached hydrogens (tertiary/aromatic N) is 2. The fourth-order valence-electron chi connectivity index (χ4n) is 1.49. The Morgan fingerprint density at radius 2 is 2.32 bits per heavy atom. The number of hydrogen-bond donors (Lipinski definition) is 2. The Kier molecular flexibility index (Phi) is 4.64. The number of halogens is 2. The molecule has 2 rings (SSSR count). The normalized spacial score (nSPS) is 10.2. The number of carbonyl (C=O) groups is 1. The summed E-state index contributed by atoms with van der Waals surface area (Å²) < 4.78 is 8.75. The van der Waals surface area contributed by atoms with E-state index in [1.165, 1.54) is 12.3 Å². The molecule has 1 aromatic heterocycles. The van der Waals surface area contributed by atoms with Gasteiger partial charge in [0, 0.05) is 36.9 Å². The molecule has 2 N–H and O–H groups in total. The van der Waals surface area contributed by atoms with Gasteiger partial charge in [-0.15, -0.1) is 4.85 Å². The van der Waals surface area contributed by atoms with E-state index >= 15 is 0 Å². The van der Waals surface area contributed by atoms with Gasteiger partial charge in [-0.2, -0.15) is 0 Å². The smallest absolute Gasteiger partial charge is 0.261 e. The van der Waals surface area contributed by atoms with Crippen molar-refractivity contribution in [2.24, 2.45) is 0 Å². The van der Waals surface area contributed by atoms with Crippen molar-refractivity contribution in [1.29, 1.82) is 0 Å². The van der Waals surface area contributed by atoms with Crippen LogP contribution in [0.25, 0.3) is 0 Å². The Morgan fingerprint density at radius 3 is 2.95 bits per heavy atom. The van der Waals surface area contributed by atoms with Crippen molar-refractivity contribution in [2.45, 2.75) is 6.61 Å². The van der Waals surface area contributed by atoms with E-state index in [-0.39, 0.29) is 18.4 Å². The topological polar surface area (TPSA) is 76.4 Å². The Hall–Kier alpha value is -1.29. The van der Waals surface area contributed by atoms with Gasteiger partial charge >= 0.3 is 0 Å². The molecule has 0 aliphatic carbocycles. The second kappa shape index (κ2) is 6.24. The maximum Gasteiger partial charge on any atom is 0.261 e. The van der Waals surface area contributed by atoms with Crippen molar-refractivity contribution in [3.8, 4) is 5.88 Å². The lowest BCUT2D eigenvalue weighted by molar-refractivity contribution is 0.0983. The lowest BCUT2D eigenvalue weighted by atomic mass is 10.1. The van der Waals surface area contributed by atoms with Crippen LogP contribution in [-0.4, -0.2) is 21.1 Å². The molecule has 0 atom stereocenters. The number of aromatic nitrogens is 2. The molecule has 100 valence electrons. The Balaban J connectivity index is 2.21. The molecule has 0 saturated heterocycles. The Morgan fingerprint density at radius 1 is 1.53 bits per heavy atom. The number of carbonyl (C=O) groups excluding carboxylic acids is 1. The van der Waals surface area contributed by atoms with Crippen LogP contribution >= 0.6 is 38.7 Å². The predicted molar refractivity (Wildman–Crippen MR) is 79.3 cm³/mol. The first-order valence-electron chi connectivity index (χ1n) is 5.18. The summed E-state index contributed by atoms with van der Waals surface area (Å²) in [5.74, 6) is 0.0390. The average Bonchev–Trinajstić information content (AvgIpc) is 2.82. The van der Waals surface area contributed by atoms with Gasteiger partial charge in [0.05, 0.1) is 6.20 Å². The van der Waals surface area contributed by atoms with Crippen LogP contribution < -0.4 is 9.08 Å². The van der Waals surface area contributed by atoms with Crippen LogP contribution in [0.15, 0.2) is 30.5 Å². The van der Waals surface area contributed by atoms with Gasteiger partial charge in [-0.05, 0) is 34.7 Å². The zero-order chi connectivity index (χ0) is 13.8. The third-order valence-corrected chi connectivity index (χ3v) is 3.74. The van der Waals surface area contributed by atoms with E-state index in [4.69, 9.17) is 9.94 Å². The SMILES string of the molecule is O=C(NBr)c1cccc(I)c1COc1ccn(O)n1. The van der Waals surface area contributed by atoms with Gasteiger partial charge < -0.3 is 9.94 Å². The third kappa shape index (κ3) is 3.38. The van der Waals surface area contributed by atoms with Gasteiger partial charge in [0.15, 0.2) is 0 Å². The van der Waals surface area contributed by atoms with E-state index in [9.17, 15) is 4.79 Å². The minimum Gasteiger partial charge on any atom is -0.472 e. The minimum atomic E-state index is -0.246. The third-order valence-electron chi connectivity index (χ3n) is 2.37. The first-order chi connectivity index (χ1) is 9.11. The summed E-state index contributed by atoms with van der Waals surface area (Å²) in [5, 5.41) is 12.7. The van der Waals surface area contributed by atoms with Crippen LogP contribution in [0.2, 0.25) is 0 Å². The molecule has 2 aromatic rings. The van der Waals surface area contributed by atoms with Gasteiger partial charge in [0.1, 0.15) is 6.61 Å². The van der Waals surface area contributed by atoms with Crippen LogP contribution in [0.4, 0.5) is 0 Å². The minimum absolute atomic E-state index is 0.186. The van der Waals surface area contributed by atoms with Crippen molar-refractivity contribution in [3.63, 3.8) is 0 Å². The van der Waals surface area contributed by atoms with Gasteiger partial charge in [-0.25, -0.2) is 0 Å². The van der Waals surface area contributed by atoms with Crippen molar-refractivity contribution < 1.29 is 14.7 Å². The molecule has 19 heavy (non-hydrogen) atoms. The molecule has 1 heterocycles. The largest absolute Gasteiger partial charge is 0.472 e. The summed E-state index contributed by atoms with van der Waals surface area (Å²) >= 11 is 5.05. The molecule has 0 aliphatic rings. The van der Waals surface area contributed by atoms with Crippen molar-refractivity contribution in [2.75, 3.05) is 0 Å². The number of benzene rings is 1. The van der Waals surface area contributed by atoms with E-state index in [0.717, 1.165) is 9.13 Å².